The smallest absolute Gasteiger partial charge is 0.320 e. The highest BCUT2D eigenvalue weighted by Crippen LogP contribution is 2.45. The fourth-order valence-corrected chi connectivity index (χ4v) is 5.23. The number of hydrogen-bond donors (Lipinski definition) is 2. The molecule has 1 amide bonds. The van der Waals surface area contributed by atoms with Gasteiger partial charge in [0.15, 0.2) is 5.69 Å². The average molecular weight is 521 g/mol. The lowest BCUT2D eigenvalue weighted by Crippen LogP contribution is -2.43. The quantitative estimate of drug-likeness (QED) is 0.356. The van der Waals surface area contributed by atoms with Gasteiger partial charge in [0.25, 0.3) is 5.91 Å². The van der Waals surface area contributed by atoms with Crippen molar-refractivity contribution in [1.82, 2.24) is 30.2 Å². The van der Waals surface area contributed by atoms with Crippen molar-refractivity contribution in [2.24, 2.45) is 0 Å². The third-order valence-corrected chi connectivity index (χ3v) is 7.10. The first-order chi connectivity index (χ1) is 18.1. The van der Waals surface area contributed by atoms with Gasteiger partial charge in [0.2, 0.25) is 0 Å². The number of aromatic amines is 1. The molecule has 1 saturated heterocycles. The number of ether oxygens (including phenoxy) is 3. The summed E-state index contributed by atoms with van der Waals surface area (Å²) in [6.07, 6.45) is 3.53. The van der Waals surface area contributed by atoms with E-state index in [1.54, 1.807) is 35.5 Å². The number of esters is 1. The molecule has 2 aliphatic heterocycles. The summed E-state index contributed by atoms with van der Waals surface area (Å²) < 4.78 is 18.5. The monoisotopic (exact) mass is 520 g/mol. The van der Waals surface area contributed by atoms with Crippen molar-refractivity contribution in [1.29, 1.82) is 0 Å². The number of nitrogens with one attached hydrogen (secondary N) is 2. The summed E-state index contributed by atoms with van der Waals surface area (Å²) in [4.78, 5) is 26.8. The van der Waals surface area contributed by atoms with E-state index in [9.17, 15) is 9.59 Å². The predicted molar refractivity (Wildman–Crippen MR) is 135 cm³/mol. The van der Waals surface area contributed by atoms with Crippen molar-refractivity contribution in [3.63, 3.8) is 0 Å². The molecule has 1 aromatic carbocycles. The molecule has 11 nitrogen and oxygen atoms in total. The summed E-state index contributed by atoms with van der Waals surface area (Å²) >= 11 is 1.55. The third-order valence-electron chi connectivity index (χ3n) is 6.42. The third kappa shape index (κ3) is 4.34. The van der Waals surface area contributed by atoms with Gasteiger partial charge in [-0.15, -0.1) is 0 Å². The van der Waals surface area contributed by atoms with Crippen LogP contribution in [0.5, 0.6) is 11.5 Å². The molecule has 0 radical (unpaired) electrons. The molecule has 2 aliphatic rings. The van der Waals surface area contributed by atoms with E-state index in [0.717, 1.165) is 28.1 Å². The second kappa shape index (κ2) is 9.71. The van der Waals surface area contributed by atoms with Crippen LogP contribution in [0.4, 0.5) is 0 Å². The summed E-state index contributed by atoms with van der Waals surface area (Å²) in [6.45, 7) is 2.37. The number of hydrogen-bond acceptors (Lipinski definition) is 9. The van der Waals surface area contributed by atoms with Gasteiger partial charge in [-0.2, -0.15) is 21.5 Å². The zero-order valence-electron chi connectivity index (χ0n) is 20.0. The van der Waals surface area contributed by atoms with Crippen LogP contribution in [0.3, 0.4) is 0 Å². The number of fused-ring (bicyclic) bond motifs is 3. The molecular formula is C25H24N6O5S. The molecule has 2 N–H and O–H groups in total. The number of carbonyl (C=O) groups is 2. The van der Waals surface area contributed by atoms with Crippen LogP contribution in [0.15, 0.2) is 41.4 Å². The molecule has 0 spiro atoms. The fraction of sp³-hybridized carbons (Fsp3) is 0.280. The molecule has 4 aromatic rings. The standard InChI is InChI=1S/C25H24N6O5S/c1-34-20-9-21-18(8-17(20)15-10-27-28-11-15)24-19(13-36-21)23(29-31(24)16-2-7-37-14-16)25(33)26-3-4-30-5-6-35-22(32)12-30/h2,7-11,14H,3-6,12-13H2,1H3,(H,26,33)(H,27,28). The number of benzene rings is 1. The normalized spacial score (nSPS) is 14.9. The number of methoxy groups -OCH3 is 1. The molecular weight excluding hydrogens is 496 g/mol. The van der Waals surface area contributed by atoms with Gasteiger partial charge >= 0.3 is 5.97 Å². The summed E-state index contributed by atoms with van der Waals surface area (Å²) in [7, 11) is 1.62. The Morgan fingerprint density at radius 2 is 2.22 bits per heavy atom. The number of aromatic nitrogens is 4. The minimum absolute atomic E-state index is 0.196. The first kappa shape index (κ1) is 23.3. The lowest BCUT2D eigenvalue weighted by atomic mass is 9.97. The van der Waals surface area contributed by atoms with Crippen molar-refractivity contribution in [2.75, 3.05) is 39.9 Å². The molecule has 3 aromatic heterocycles. The zero-order valence-corrected chi connectivity index (χ0v) is 20.8. The Morgan fingerprint density at radius 1 is 1.30 bits per heavy atom. The van der Waals surface area contributed by atoms with Gasteiger partial charge in [0, 0.05) is 59.5 Å². The van der Waals surface area contributed by atoms with Crippen LogP contribution in [0, 0.1) is 0 Å². The molecule has 12 heteroatoms. The number of cyclic esters (lactones) is 1. The number of carbonyl (C=O) groups excluding carboxylic acids is 2. The van der Waals surface area contributed by atoms with Crippen LogP contribution in [0.25, 0.3) is 28.1 Å². The van der Waals surface area contributed by atoms with Crippen LogP contribution in [0.1, 0.15) is 16.1 Å². The second-order valence-electron chi connectivity index (χ2n) is 8.65. The van der Waals surface area contributed by atoms with E-state index in [-0.39, 0.29) is 25.0 Å². The minimum atomic E-state index is -0.291. The number of H-pyrrole nitrogens is 1. The summed E-state index contributed by atoms with van der Waals surface area (Å²) in [5.74, 6) is 0.769. The van der Waals surface area contributed by atoms with Crippen LogP contribution in [0.2, 0.25) is 0 Å². The van der Waals surface area contributed by atoms with Crippen LogP contribution in [-0.2, 0) is 16.1 Å². The summed E-state index contributed by atoms with van der Waals surface area (Å²) in [5, 5.41) is 18.6. The molecule has 1 fully saturated rings. The number of morpholine rings is 1. The lowest BCUT2D eigenvalue weighted by Gasteiger charge is -2.25. The van der Waals surface area contributed by atoms with Crippen LogP contribution in [-0.4, -0.2) is 76.6 Å². The first-order valence-electron chi connectivity index (χ1n) is 11.8. The fourth-order valence-electron chi connectivity index (χ4n) is 4.62. The Morgan fingerprint density at radius 3 is 2.97 bits per heavy atom. The Kier molecular flexibility index (Phi) is 6.10. The molecule has 37 heavy (non-hydrogen) atoms. The first-order valence-corrected chi connectivity index (χ1v) is 12.7. The molecule has 0 atom stereocenters. The highest BCUT2D eigenvalue weighted by atomic mass is 32.1. The van der Waals surface area contributed by atoms with Gasteiger partial charge in [-0.25, -0.2) is 4.68 Å². The van der Waals surface area contributed by atoms with E-state index in [0.29, 0.717) is 49.0 Å². The Labute approximate surface area is 215 Å². The molecule has 0 unspecified atom stereocenters. The largest absolute Gasteiger partial charge is 0.496 e. The van der Waals surface area contributed by atoms with Gasteiger partial charge in [-0.3, -0.25) is 19.6 Å². The molecule has 5 heterocycles. The highest BCUT2D eigenvalue weighted by molar-refractivity contribution is 7.08. The van der Waals surface area contributed by atoms with E-state index in [4.69, 9.17) is 19.3 Å². The van der Waals surface area contributed by atoms with Gasteiger partial charge in [-0.05, 0) is 17.5 Å². The predicted octanol–water partition coefficient (Wildman–Crippen LogP) is 2.48. The molecule has 0 aliphatic carbocycles. The van der Waals surface area contributed by atoms with Crippen molar-refractivity contribution < 1.29 is 23.8 Å². The van der Waals surface area contributed by atoms with Gasteiger partial charge in [-0.1, -0.05) is 0 Å². The Hall–Kier alpha value is -4.16. The van der Waals surface area contributed by atoms with E-state index in [1.165, 1.54) is 0 Å². The van der Waals surface area contributed by atoms with E-state index in [1.807, 2.05) is 33.9 Å². The SMILES string of the molecule is COc1cc2c(cc1-c1cn[nH]c1)-c1c(c(C(=O)NCCN3CCOC(=O)C3)nn1-c1ccsc1)CO2. The van der Waals surface area contributed by atoms with E-state index in [2.05, 4.69) is 15.5 Å². The molecule has 6 rings (SSSR count). The number of rotatable bonds is 7. The minimum Gasteiger partial charge on any atom is -0.496 e. The van der Waals surface area contributed by atoms with E-state index >= 15 is 0 Å². The Bertz CT molecular complexity index is 1450. The van der Waals surface area contributed by atoms with Crippen molar-refractivity contribution in [3.8, 4) is 39.6 Å². The average Bonchev–Trinajstić information content (AvgIpc) is 3.69. The number of amides is 1. The summed E-state index contributed by atoms with van der Waals surface area (Å²) in [5.41, 5.74) is 5.20. The Balaban J connectivity index is 1.36. The highest BCUT2D eigenvalue weighted by Gasteiger charge is 2.31. The van der Waals surface area contributed by atoms with Gasteiger partial charge in [0.1, 0.15) is 24.7 Å². The van der Waals surface area contributed by atoms with Gasteiger partial charge < -0.3 is 19.5 Å². The van der Waals surface area contributed by atoms with Crippen LogP contribution >= 0.6 is 11.3 Å². The van der Waals surface area contributed by atoms with Gasteiger partial charge in [0.05, 0.1) is 31.2 Å². The topological polar surface area (TPSA) is 124 Å². The number of nitrogens with zero attached hydrogens (tertiary/aromatic N) is 4. The second-order valence-corrected chi connectivity index (χ2v) is 9.43. The number of thiophene rings is 1. The van der Waals surface area contributed by atoms with Crippen molar-refractivity contribution in [2.45, 2.75) is 6.61 Å². The zero-order chi connectivity index (χ0) is 25.4. The maximum Gasteiger partial charge on any atom is 0.320 e. The molecule has 0 saturated carbocycles. The van der Waals surface area contributed by atoms with Crippen molar-refractivity contribution >= 4 is 23.2 Å². The molecule has 190 valence electrons. The van der Waals surface area contributed by atoms with E-state index < -0.39 is 0 Å². The van der Waals surface area contributed by atoms with Crippen LogP contribution < -0.4 is 14.8 Å². The maximum atomic E-state index is 13.3. The summed E-state index contributed by atoms with van der Waals surface area (Å²) in [6, 6.07) is 5.80. The van der Waals surface area contributed by atoms with Crippen molar-refractivity contribution in [3.05, 3.63) is 52.6 Å². The lowest BCUT2D eigenvalue weighted by molar-refractivity contribution is -0.150. The molecule has 0 bridgehead atoms. The maximum absolute atomic E-state index is 13.3.